The monoisotopic (exact) mass is 273 g/mol. The van der Waals surface area contributed by atoms with Crippen molar-refractivity contribution in [1.82, 2.24) is 15.1 Å². The van der Waals surface area contributed by atoms with E-state index in [0.29, 0.717) is 18.7 Å². The van der Waals surface area contributed by atoms with Gasteiger partial charge in [0.25, 0.3) is 5.91 Å². The first-order valence-corrected chi connectivity index (χ1v) is 6.16. The molecule has 2 aromatic rings. The number of carbonyl (C=O) groups excluding carboxylic acids is 1. The SMILES string of the molecule is Cn1ccc(C(=O)NCCc2ccc(C(=O)O)cc2)n1. The van der Waals surface area contributed by atoms with E-state index in [2.05, 4.69) is 10.4 Å². The van der Waals surface area contributed by atoms with Crippen LogP contribution in [-0.4, -0.2) is 33.3 Å². The van der Waals surface area contributed by atoms with Crippen LogP contribution in [0.25, 0.3) is 0 Å². The fourth-order valence-corrected chi connectivity index (χ4v) is 1.76. The van der Waals surface area contributed by atoms with E-state index in [9.17, 15) is 9.59 Å². The van der Waals surface area contributed by atoms with E-state index in [-0.39, 0.29) is 11.5 Å². The summed E-state index contributed by atoms with van der Waals surface area (Å²) in [6.45, 7) is 0.474. The number of nitrogens with one attached hydrogen (secondary N) is 1. The Kier molecular flexibility index (Phi) is 4.14. The fourth-order valence-electron chi connectivity index (χ4n) is 1.76. The van der Waals surface area contributed by atoms with Crippen LogP contribution < -0.4 is 5.32 Å². The minimum absolute atomic E-state index is 0.215. The van der Waals surface area contributed by atoms with Crippen molar-refractivity contribution in [2.75, 3.05) is 6.54 Å². The molecule has 1 amide bonds. The second-order valence-electron chi connectivity index (χ2n) is 4.38. The molecule has 1 aromatic heterocycles. The van der Waals surface area contributed by atoms with Gasteiger partial charge in [-0.15, -0.1) is 0 Å². The van der Waals surface area contributed by atoms with Gasteiger partial charge < -0.3 is 10.4 Å². The Morgan fingerprint density at radius 1 is 1.25 bits per heavy atom. The standard InChI is InChI=1S/C14H15N3O3/c1-17-9-7-12(16-17)13(18)15-8-6-10-2-4-11(5-3-10)14(19)20/h2-5,7,9H,6,8H2,1H3,(H,15,18)(H,19,20). The van der Waals surface area contributed by atoms with Crippen molar-refractivity contribution in [3.63, 3.8) is 0 Å². The molecule has 1 aromatic carbocycles. The summed E-state index contributed by atoms with van der Waals surface area (Å²) >= 11 is 0. The number of carbonyl (C=O) groups is 2. The quantitative estimate of drug-likeness (QED) is 0.854. The van der Waals surface area contributed by atoms with Gasteiger partial charge in [-0.25, -0.2) is 4.79 Å². The maximum Gasteiger partial charge on any atom is 0.335 e. The normalized spacial score (nSPS) is 10.2. The maximum absolute atomic E-state index is 11.7. The summed E-state index contributed by atoms with van der Waals surface area (Å²) in [6, 6.07) is 8.25. The smallest absolute Gasteiger partial charge is 0.335 e. The van der Waals surface area contributed by atoms with Crippen molar-refractivity contribution in [2.45, 2.75) is 6.42 Å². The molecular formula is C14H15N3O3. The predicted molar refractivity (Wildman–Crippen MR) is 72.6 cm³/mol. The molecule has 0 saturated carbocycles. The minimum Gasteiger partial charge on any atom is -0.478 e. The lowest BCUT2D eigenvalue weighted by Crippen LogP contribution is -2.26. The average Bonchev–Trinajstić information content (AvgIpc) is 2.86. The van der Waals surface area contributed by atoms with Crippen LogP contribution in [0.4, 0.5) is 0 Å². The van der Waals surface area contributed by atoms with E-state index < -0.39 is 5.97 Å². The van der Waals surface area contributed by atoms with Crippen molar-refractivity contribution in [3.05, 3.63) is 53.3 Å². The van der Waals surface area contributed by atoms with Gasteiger partial charge in [-0.05, 0) is 30.2 Å². The van der Waals surface area contributed by atoms with Gasteiger partial charge in [-0.1, -0.05) is 12.1 Å². The molecule has 0 spiro atoms. The Morgan fingerprint density at radius 2 is 1.95 bits per heavy atom. The Balaban J connectivity index is 1.83. The number of carboxylic acid groups (broad SMARTS) is 1. The van der Waals surface area contributed by atoms with Crippen LogP contribution in [0, 0.1) is 0 Å². The van der Waals surface area contributed by atoms with Crippen LogP contribution in [0.5, 0.6) is 0 Å². The molecular weight excluding hydrogens is 258 g/mol. The first kappa shape index (κ1) is 13.8. The molecule has 0 saturated heterocycles. The molecule has 1 heterocycles. The Bertz CT molecular complexity index is 617. The van der Waals surface area contributed by atoms with Gasteiger partial charge in [0.1, 0.15) is 5.69 Å². The molecule has 0 radical (unpaired) electrons. The third-order valence-electron chi connectivity index (χ3n) is 2.85. The minimum atomic E-state index is -0.944. The van der Waals surface area contributed by atoms with E-state index >= 15 is 0 Å². The van der Waals surface area contributed by atoms with Gasteiger partial charge in [0.2, 0.25) is 0 Å². The number of aromatic nitrogens is 2. The molecule has 2 N–H and O–H groups in total. The molecule has 0 atom stereocenters. The summed E-state index contributed by atoms with van der Waals surface area (Å²) < 4.78 is 1.57. The lowest BCUT2D eigenvalue weighted by Gasteiger charge is -2.04. The molecule has 6 nitrogen and oxygen atoms in total. The molecule has 0 fully saturated rings. The second-order valence-corrected chi connectivity index (χ2v) is 4.38. The zero-order chi connectivity index (χ0) is 14.5. The molecule has 6 heteroatoms. The van der Waals surface area contributed by atoms with Gasteiger partial charge in [-0.3, -0.25) is 9.48 Å². The highest BCUT2D eigenvalue weighted by molar-refractivity contribution is 5.92. The van der Waals surface area contributed by atoms with Crippen molar-refractivity contribution >= 4 is 11.9 Å². The van der Waals surface area contributed by atoms with Crippen LogP contribution in [-0.2, 0) is 13.5 Å². The number of nitrogens with zero attached hydrogens (tertiary/aromatic N) is 2. The van der Waals surface area contributed by atoms with E-state index in [1.165, 1.54) is 0 Å². The van der Waals surface area contributed by atoms with E-state index in [0.717, 1.165) is 5.56 Å². The second kappa shape index (κ2) is 6.01. The van der Waals surface area contributed by atoms with Crippen molar-refractivity contribution in [3.8, 4) is 0 Å². The van der Waals surface area contributed by atoms with Crippen LogP contribution in [0.1, 0.15) is 26.4 Å². The first-order valence-electron chi connectivity index (χ1n) is 6.16. The lowest BCUT2D eigenvalue weighted by molar-refractivity contribution is 0.0696. The molecule has 0 aliphatic rings. The number of carboxylic acids is 1. The van der Waals surface area contributed by atoms with Gasteiger partial charge in [0.05, 0.1) is 5.56 Å². The van der Waals surface area contributed by atoms with Crippen LogP contribution in [0.15, 0.2) is 36.5 Å². The molecule has 104 valence electrons. The molecule has 0 aliphatic heterocycles. The summed E-state index contributed by atoms with van der Waals surface area (Å²) in [4.78, 5) is 22.4. The summed E-state index contributed by atoms with van der Waals surface area (Å²) in [5.41, 5.74) is 1.61. The van der Waals surface area contributed by atoms with Crippen LogP contribution >= 0.6 is 0 Å². The zero-order valence-electron chi connectivity index (χ0n) is 11.0. The van der Waals surface area contributed by atoms with E-state index in [1.807, 2.05) is 0 Å². The molecule has 20 heavy (non-hydrogen) atoms. The Labute approximate surface area is 116 Å². The number of hydrogen-bond donors (Lipinski definition) is 2. The Hall–Kier alpha value is -2.63. The number of amides is 1. The van der Waals surface area contributed by atoms with Crippen molar-refractivity contribution < 1.29 is 14.7 Å². The van der Waals surface area contributed by atoms with Gasteiger partial charge >= 0.3 is 5.97 Å². The molecule has 0 unspecified atom stereocenters. The number of benzene rings is 1. The number of rotatable bonds is 5. The van der Waals surface area contributed by atoms with Crippen molar-refractivity contribution in [2.24, 2.45) is 7.05 Å². The lowest BCUT2D eigenvalue weighted by atomic mass is 10.1. The van der Waals surface area contributed by atoms with Gasteiger partial charge in [0.15, 0.2) is 0 Å². The van der Waals surface area contributed by atoms with Crippen LogP contribution in [0.3, 0.4) is 0 Å². The zero-order valence-corrected chi connectivity index (χ0v) is 11.0. The van der Waals surface area contributed by atoms with Gasteiger partial charge in [-0.2, -0.15) is 5.10 Å². The first-order chi connectivity index (χ1) is 9.56. The number of aryl methyl sites for hydroxylation is 1. The Morgan fingerprint density at radius 3 is 2.50 bits per heavy atom. The highest BCUT2D eigenvalue weighted by Gasteiger charge is 2.07. The van der Waals surface area contributed by atoms with Crippen molar-refractivity contribution in [1.29, 1.82) is 0 Å². The summed E-state index contributed by atoms with van der Waals surface area (Å²) in [6.07, 6.45) is 2.35. The fraction of sp³-hybridized carbons (Fsp3) is 0.214. The predicted octanol–water partition coefficient (Wildman–Crippen LogP) is 1.09. The van der Waals surface area contributed by atoms with E-state index in [4.69, 9.17) is 5.11 Å². The van der Waals surface area contributed by atoms with E-state index in [1.54, 1.807) is 48.3 Å². The third-order valence-corrected chi connectivity index (χ3v) is 2.85. The van der Waals surface area contributed by atoms with Gasteiger partial charge in [0, 0.05) is 19.8 Å². The molecule has 2 rings (SSSR count). The van der Waals surface area contributed by atoms with Crippen LogP contribution in [0.2, 0.25) is 0 Å². The highest BCUT2D eigenvalue weighted by Crippen LogP contribution is 2.05. The number of hydrogen-bond acceptors (Lipinski definition) is 3. The highest BCUT2D eigenvalue weighted by atomic mass is 16.4. The molecule has 0 bridgehead atoms. The largest absolute Gasteiger partial charge is 0.478 e. The third kappa shape index (κ3) is 3.44. The maximum atomic E-state index is 11.7. The summed E-state index contributed by atoms with van der Waals surface area (Å²) in [7, 11) is 1.75. The summed E-state index contributed by atoms with van der Waals surface area (Å²) in [5, 5.41) is 15.6. The average molecular weight is 273 g/mol. The molecule has 0 aliphatic carbocycles. The summed E-state index contributed by atoms with van der Waals surface area (Å²) in [5.74, 6) is -1.16. The topological polar surface area (TPSA) is 84.2 Å². The number of aromatic carboxylic acids is 1.